The molecule has 2 aromatic carbocycles. The van der Waals surface area contributed by atoms with Gasteiger partial charge in [-0.15, -0.1) is 0 Å². The molecule has 0 radical (unpaired) electrons. The molecule has 1 aliphatic rings. The molecule has 0 saturated heterocycles. The molecule has 0 unspecified atom stereocenters. The Hall–Kier alpha value is -2.49. The van der Waals surface area contributed by atoms with Crippen LogP contribution in [-0.2, 0) is 17.6 Å². The molecule has 23 heavy (non-hydrogen) atoms. The summed E-state index contributed by atoms with van der Waals surface area (Å²) in [4.78, 5) is 14.7. The van der Waals surface area contributed by atoms with E-state index >= 15 is 0 Å². The summed E-state index contributed by atoms with van der Waals surface area (Å²) in [6, 6.07) is 13.6. The molecule has 0 N–H and O–H groups in total. The second-order valence-electron chi connectivity index (χ2n) is 5.63. The average Bonchev–Trinajstić information content (AvgIpc) is 2.61. The minimum absolute atomic E-state index is 0.0868. The number of methoxy groups -OCH3 is 2. The van der Waals surface area contributed by atoms with Crippen LogP contribution >= 0.6 is 0 Å². The minimum atomic E-state index is 0.0868. The van der Waals surface area contributed by atoms with Gasteiger partial charge in [-0.3, -0.25) is 4.79 Å². The summed E-state index contributed by atoms with van der Waals surface area (Å²) in [7, 11) is 3.27. The highest BCUT2D eigenvalue weighted by atomic mass is 16.5. The lowest BCUT2D eigenvalue weighted by atomic mass is 10.0. The topological polar surface area (TPSA) is 38.8 Å². The van der Waals surface area contributed by atoms with E-state index in [-0.39, 0.29) is 5.91 Å². The van der Waals surface area contributed by atoms with Gasteiger partial charge in [0.25, 0.3) is 0 Å². The van der Waals surface area contributed by atoms with Gasteiger partial charge < -0.3 is 14.4 Å². The number of fused-ring (bicyclic) bond motifs is 1. The zero-order valence-corrected chi connectivity index (χ0v) is 13.5. The third kappa shape index (κ3) is 3.16. The predicted molar refractivity (Wildman–Crippen MR) is 90.4 cm³/mol. The number of carbonyl (C=O) groups excluding carboxylic acids is 1. The fraction of sp³-hybridized carbons (Fsp3) is 0.316. The molecular weight excluding hydrogens is 290 g/mol. The van der Waals surface area contributed by atoms with Crippen LogP contribution in [0.15, 0.2) is 42.5 Å². The third-order valence-electron chi connectivity index (χ3n) is 4.25. The third-order valence-corrected chi connectivity index (χ3v) is 4.25. The van der Waals surface area contributed by atoms with Crippen molar-refractivity contribution in [3.05, 3.63) is 53.6 Å². The predicted octanol–water partition coefficient (Wildman–Crippen LogP) is 3.23. The fourth-order valence-corrected chi connectivity index (χ4v) is 3.05. The van der Waals surface area contributed by atoms with Crippen molar-refractivity contribution >= 4 is 11.6 Å². The molecule has 1 aliphatic heterocycles. The molecule has 4 nitrogen and oxygen atoms in total. The Balaban J connectivity index is 1.87. The van der Waals surface area contributed by atoms with E-state index in [9.17, 15) is 4.79 Å². The summed E-state index contributed by atoms with van der Waals surface area (Å²) in [5.41, 5.74) is 3.08. The van der Waals surface area contributed by atoms with Gasteiger partial charge in [-0.2, -0.15) is 0 Å². The molecule has 0 bridgehead atoms. The molecule has 0 atom stereocenters. The van der Waals surface area contributed by atoms with Crippen LogP contribution in [0.5, 0.6) is 11.5 Å². The summed E-state index contributed by atoms with van der Waals surface area (Å²) in [5.74, 6) is 1.62. The van der Waals surface area contributed by atoms with Crippen molar-refractivity contribution in [3.63, 3.8) is 0 Å². The number of nitrogens with zero attached hydrogens (tertiary/aromatic N) is 1. The van der Waals surface area contributed by atoms with Crippen molar-refractivity contribution < 1.29 is 14.3 Å². The van der Waals surface area contributed by atoms with Gasteiger partial charge in [0.2, 0.25) is 5.91 Å². The van der Waals surface area contributed by atoms with E-state index < -0.39 is 0 Å². The number of aryl methyl sites for hydroxylation is 1. The highest BCUT2D eigenvalue weighted by Gasteiger charge is 2.23. The molecule has 2 aromatic rings. The Kier molecular flexibility index (Phi) is 4.51. The van der Waals surface area contributed by atoms with Crippen molar-refractivity contribution in [2.45, 2.75) is 19.3 Å². The van der Waals surface area contributed by atoms with E-state index in [1.54, 1.807) is 14.2 Å². The largest absolute Gasteiger partial charge is 0.497 e. The van der Waals surface area contributed by atoms with Gasteiger partial charge in [-0.25, -0.2) is 0 Å². The normalized spacial score (nSPS) is 13.4. The quantitative estimate of drug-likeness (QED) is 0.870. The Morgan fingerprint density at radius 1 is 1.13 bits per heavy atom. The lowest BCUT2D eigenvalue weighted by Gasteiger charge is -2.30. The molecular formula is C19H21NO3. The van der Waals surface area contributed by atoms with E-state index in [0.29, 0.717) is 6.42 Å². The molecule has 4 heteroatoms. The van der Waals surface area contributed by atoms with Crippen LogP contribution in [0, 0.1) is 0 Å². The molecule has 0 aromatic heterocycles. The number of hydrogen-bond donors (Lipinski definition) is 0. The Bertz CT molecular complexity index is 712. The van der Waals surface area contributed by atoms with Crippen LogP contribution in [0.3, 0.4) is 0 Å². The number of carbonyl (C=O) groups is 1. The number of ether oxygens (including phenoxy) is 2. The zero-order chi connectivity index (χ0) is 16.2. The van der Waals surface area contributed by atoms with Crippen LogP contribution in [0.4, 0.5) is 5.69 Å². The van der Waals surface area contributed by atoms with Gasteiger partial charge in [0.15, 0.2) is 0 Å². The fourth-order valence-electron chi connectivity index (χ4n) is 3.05. The van der Waals surface area contributed by atoms with Crippen LogP contribution < -0.4 is 14.4 Å². The molecule has 0 spiro atoms. The lowest BCUT2D eigenvalue weighted by Crippen LogP contribution is -2.36. The molecule has 0 aliphatic carbocycles. The number of benzene rings is 2. The maximum absolute atomic E-state index is 12.8. The second kappa shape index (κ2) is 6.73. The van der Waals surface area contributed by atoms with E-state index in [4.69, 9.17) is 9.47 Å². The summed E-state index contributed by atoms with van der Waals surface area (Å²) >= 11 is 0. The van der Waals surface area contributed by atoms with Crippen molar-refractivity contribution in [2.75, 3.05) is 25.7 Å². The molecule has 3 rings (SSSR count). The first kappa shape index (κ1) is 15.4. The summed E-state index contributed by atoms with van der Waals surface area (Å²) in [5, 5.41) is 0. The number of para-hydroxylation sites is 1. The molecule has 120 valence electrons. The van der Waals surface area contributed by atoms with Gasteiger partial charge in [-0.1, -0.05) is 24.3 Å². The first-order valence-corrected chi connectivity index (χ1v) is 7.82. The van der Waals surface area contributed by atoms with E-state index in [2.05, 4.69) is 6.07 Å². The SMILES string of the molecule is COc1ccc2c(c1)N(C(=O)Cc1ccccc1OC)CCC2. The number of rotatable bonds is 4. The van der Waals surface area contributed by atoms with Gasteiger partial charge in [0.05, 0.1) is 26.3 Å². The van der Waals surface area contributed by atoms with E-state index in [1.165, 1.54) is 5.56 Å². The van der Waals surface area contributed by atoms with E-state index in [0.717, 1.165) is 42.1 Å². The summed E-state index contributed by atoms with van der Waals surface area (Å²) in [6.45, 7) is 0.744. The monoisotopic (exact) mass is 311 g/mol. The maximum Gasteiger partial charge on any atom is 0.231 e. The highest BCUT2D eigenvalue weighted by molar-refractivity contribution is 5.96. The highest BCUT2D eigenvalue weighted by Crippen LogP contribution is 2.31. The Labute approximate surface area is 136 Å². The molecule has 0 fully saturated rings. The first-order chi connectivity index (χ1) is 11.2. The smallest absolute Gasteiger partial charge is 0.231 e. The Morgan fingerprint density at radius 3 is 2.74 bits per heavy atom. The first-order valence-electron chi connectivity index (χ1n) is 7.82. The minimum Gasteiger partial charge on any atom is -0.497 e. The molecule has 1 amide bonds. The molecule has 0 saturated carbocycles. The van der Waals surface area contributed by atoms with Crippen LogP contribution in [0.25, 0.3) is 0 Å². The van der Waals surface area contributed by atoms with E-state index in [1.807, 2.05) is 41.3 Å². The number of hydrogen-bond acceptors (Lipinski definition) is 3. The lowest BCUT2D eigenvalue weighted by molar-refractivity contribution is -0.118. The van der Waals surface area contributed by atoms with Gasteiger partial charge >= 0.3 is 0 Å². The summed E-state index contributed by atoms with van der Waals surface area (Å²) in [6.07, 6.45) is 2.31. The second-order valence-corrected chi connectivity index (χ2v) is 5.63. The van der Waals surface area contributed by atoms with Crippen LogP contribution in [-0.4, -0.2) is 26.7 Å². The van der Waals surface area contributed by atoms with Crippen molar-refractivity contribution in [2.24, 2.45) is 0 Å². The van der Waals surface area contributed by atoms with Crippen molar-refractivity contribution in [1.29, 1.82) is 0 Å². The number of amides is 1. The van der Waals surface area contributed by atoms with Gasteiger partial charge in [0, 0.05) is 18.2 Å². The van der Waals surface area contributed by atoms with Gasteiger partial charge in [0.1, 0.15) is 11.5 Å². The van der Waals surface area contributed by atoms with Crippen LogP contribution in [0.2, 0.25) is 0 Å². The zero-order valence-electron chi connectivity index (χ0n) is 13.5. The maximum atomic E-state index is 12.8. The average molecular weight is 311 g/mol. The van der Waals surface area contributed by atoms with Crippen molar-refractivity contribution in [3.8, 4) is 11.5 Å². The molecule has 1 heterocycles. The van der Waals surface area contributed by atoms with Crippen LogP contribution in [0.1, 0.15) is 17.5 Å². The summed E-state index contributed by atoms with van der Waals surface area (Å²) < 4.78 is 10.7. The Morgan fingerprint density at radius 2 is 1.96 bits per heavy atom. The standard InChI is InChI=1S/C19H21NO3/c1-22-16-10-9-14-7-5-11-20(17(14)13-16)19(21)12-15-6-3-4-8-18(15)23-2/h3-4,6,8-10,13H,5,7,11-12H2,1-2H3. The number of anilines is 1. The van der Waals surface area contributed by atoms with Crippen molar-refractivity contribution in [1.82, 2.24) is 0 Å². The van der Waals surface area contributed by atoms with Gasteiger partial charge in [-0.05, 0) is 30.5 Å².